The Morgan fingerprint density at radius 3 is 2.15 bits per heavy atom. The highest BCUT2D eigenvalue weighted by molar-refractivity contribution is 5.95. The smallest absolute Gasteiger partial charge is 0.251 e. The van der Waals surface area contributed by atoms with Crippen LogP contribution in [0.2, 0.25) is 0 Å². The number of hydrogen-bond donors (Lipinski definition) is 6. The molecule has 0 radical (unpaired) electrons. The maximum Gasteiger partial charge on any atom is 0.251 e. The van der Waals surface area contributed by atoms with Gasteiger partial charge in [-0.3, -0.25) is 21.0 Å². The molecule has 0 spiro atoms. The van der Waals surface area contributed by atoms with Crippen molar-refractivity contribution in [3.63, 3.8) is 0 Å². The second kappa shape index (κ2) is 8.92. The zero-order valence-corrected chi connectivity index (χ0v) is 14.0. The van der Waals surface area contributed by atoms with Crippen molar-refractivity contribution in [2.45, 2.75) is 6.42 Å². The number of benzene rings is 2. The van der Waals surface area contributed by atoms with Gasteiger partial charge in [0.25, 0.3) is 5.91 Å². The molecule has 0 unspecified atom stereocenters. The summed E-state index contributed by atoms with van der Waals surface area (Å²) >= 11 is 0. The van der Waals surface area contributed by atoms with E-state index in [2.05, 4.69) is 21.1 Å². The van der Waals surface area contributed by atoms with E-state index in [0.29, 0.717) is 35.5 Å². The van der Waals surface area contributed by atoms with E-state index in [-0.39, 0.29) is 17.6 Å². The van der Waals surface area contributed by atoms with Gasteiger partial charge in [-0.05, 0) is 48.5 Å². The van der Waals surface area contributed by atoms with Crippen molar-refractivity contribution in [1.29, 1.82) is 10.8 Å². The standard InChI is InChI=1S/C17H20N8O/c18-15(19)9-10-22-17(26)12-3-7-14(8-4-12)24-25-23-13-5-1-11(2-6-13)16(20)21/h1-8H,9-10H2,(H3,18,19)(H3,20,21)(H,22,26)(H,23,24). The molecule has 0 saturated heterocycles. The van der Waals surface area contributed by atoms with Crippen LogP contribution in [0.1, 0.15) is 22.3 Å². The van der Waals surface area contributed by atoms with Gasteiger partial charge in [-0.2, -0.15) is 0 Å². The summed E-state index contributed by atoms with van der Waals surface area (Å²) in [7, 11) is 0. The second-order valence-corrected chi connectivity index (χ2v) is 5.38. The molecule has 9 heteroatoms. The first-order valence-corrected chi connectivity index (χ1v) is 7.78. The Labute approximate surface area is 150 Å². The largest absolute Gasteiger partial charge is 0.388 e. The maximum atomic E-state index is 11.9. The van der Waals surface area contributed by atoms with Gasteiger partial charge < -0.3 is 16.8 Å². The Morgan fingerprint density at radius 1 is 0.962 bits per heavy atom. The molecule has 2 aromatic rings. The van der Waals surface area contributed by atoms with Gasteiger partial charge in [-0.1, -0.05) is 5.22 Å². The Hall–Kier alpha value is -3.75. The fraction of sp³-hybridized carbons (Fsp3) is 0.118. The van der Waals surface area contributed by atoms with Crippen LogP contribution in [0.25, 0.3) is 0 Å². The number of anilines is 1. The Morgan fingerprint density at radius 2 is 1.58 bits per heavy atom. The van der Waals surface area contributed by atoms with E-state index in [1.165, 1.54) is 0 Å². The minimum atomic E-state index is -0.238. The molecule has 0 fully saturated rings. The van der Waals surface area contributed by atoms with Crippen LogP contribution in [0.3, 0.4) is 0 Å². The fourth-order valence-electron chi connectivity index (χ4n) is 1.96. The highest BCUT2D eigenvalue weighted by Crippen LogP contribution is 2.15. The number of carbonyl (C=O) groups is 1. The summed E-state index contributed by atoms with van der Waals surface area (Å²) in [4.78, 5) is 11.9. The minimum absolute atomic E-state index is 0.00333. The molecule has 0 aromatic heterocycles. The number of nitrogens with one attached hydrogen (secondary N) is 4. The second-order valence-electron chi connectivity index (χ2n) is 5.38. The van der Waals surface area contributed by atoms with Crippen molar-refractivity contribution in [2.75, 3.05) is 12.0 Å². The Balaban J connectivity index is 1.87. The van der Waals surface area contributed by atoms with Gasteiger partial charge >= 0.3 is 0 Å². The van der Waals surface area contributed by atoms with Gasteiger partial charge in [0.2, 0.25) is 0 Å². The molecule has 0 aliphatic rings. The third kappa shape index (κ3) is 5.71. The fourth-order valence-corrected chi connectivity index (χ4v) is 1.96. The Bertz CT molecular complexity index is 812. The summed E-state index contributed by atoms with van der Waals surface area (Å²) in [5.41, 5.74) is 15.8. The van der Waals surface area contributed by atoms with Gasteiger partial charge in [0.05, 0.1) is 17.2 Å². The number of amides is 1. The number of nitrogen functional groups attached to an aromatic ring is 1. The molecule has 0 aliphatic carbocycles. The van der Waals surface area contributed by atoms with Crippen molar-refractivity contribution < 1.29 is 4.79 Å². The van der Waals surface area contributed by atoms with Gasteiger partial charge in [0.1, 0.15) is 5.84 Å². The molecule has 26 heavy (non-hydrogen) atoms. The maximum absolute atomic E-state index is 11.9. The zero-order chi connectivity index (χ0) is 18.9. The quantitative estimate of drug-likeness (QED) is 0.185. The highest BCUT2D eigenvalue weighted by Gasteiger charge is 2.04. The lowest BCUT2D eigenvalue weighted by atomic mass is 10.2. The van der Waals surface area contributed by atoms with Crippen LogP contribution in [-0.2, 0) is 0 Å². The minimum Gasteiger partial charge on any atom is -0.388 e. The first-order valence-electron chi connectivity index (χ1n) is 7.78. The number of amidine groups is 2. The molecule has 134 valence electrons. The van der Waals surface area contributed by atoms with Crippen LogP contribution in [-0.4, -0.2) is 24.1 Å². The summed E-state index contributed by atoms with van der Waals surface area (Å²) in [6, 6.07) is 13.5. The molecule has 0 saturated carbocycles. The van der Waals surface area contributed by atoms with E-state index >= 15 is 0 Å². The van der Waals surface area contributed by atoms with Gasteiger partial charge in [-0.15, -0.1) is 5.11 Å². The predicted molar refractivity (Wildman–Crippen MR) is 101 cm³/mol. The van der Waals surface area contributed by atoms with Crippen LogP contribution in [0.4, 0.5) is 11.4 Å². The van der Waals surface area contributed by atoms with Crippen molar-refractivity contribution in [2.24, 2.45) is 21.8 Å². The molecular weight excluding hydrogens is 332 g/mol. The van der Waals surface area contributed by atoms with Crippen LogP contribution in [0, 0.1) is 10.8 Å². The first-order chi connectivity index (χ1) is 12.5. The van der Waals surface area contributed by atoms with Crippen LogP contribution in [0.5, 0.6) is 0 Å². The molecule has 0 bridgehead atoms. The van der Waals surface area contributed by atoms with Crippen LogP contribution >= 0.6 is 0 Å². The number of nitrogens with zero attached hydrogens (tertiary/aromatic N) is 2. The topological polar surface area (TPSA) is 166 Å². The average Bonchev–Trinajstić information content (AvgIpc) is 2.62. The van der Waals surface area contributed by atoms with E-state index < -0.39 is 0 Å². The van der Waals surface area contributed by atoms with E-state index in [4.69, 9.17) is 22.3 Å². The van der Waals surface area contributed by atoms with Crippen molar-refractivity contribution in [3.05, 3.63) is 59.7 Å². The van der Waals surface area contributed by atoms with Crippen LogP contribution < -0.4 is 22.2 Å². The molecular formula is C17H20N8O. The lowest BCUT2D eigenvalue weighted by molar-refractivity contribution is 0.0955. The summed E-state index contributed by atoms with van der Waals surface area (Å²) in [5.74, 6) is -0.202. The number of rotatable bonds is 8. The number of nitrogens with two attached hydrogens (primary N) is 2. The predicted octanol–water partition coefficient (Wildman–Crippen LogP) is 2.14. The lowest BCUT2D eigenvalue weighted by Gasteiger charge is -2.04. The zero-order valence-electron chi connectivity index (χ0n) is 14.0. The third-order valence-corrected chi connectivity index (χ3v) is 3.35. The normalized spacial score (nSPS) is 10.5. The molecule has 0 aliphatic heterocycles. The molecule has 1 amide bonds. The Kier molecular flexibility index (Phi) is 6.38. The molecule has 0 atom stereocenters. The molecule has 0 heterocycles. The summed E-state index contributed by atoms with van der Waals surface area (Å²) in [5, 5.41) is 25.0. The third-order valence-electron chi connectivity index (χ3n) is 3.35. The van der Waals surface area contributed by atoms with Crippen molar-refractivity contribution in [3.8, 4) is 0 Å². The summed E-state index contributed by atoms with van der Waals surface area (Å²) < 4.78 is 0. The molecule has 8 N–H and O–H groups in total. The molecule has 2 rings (SSSR count). The highest BCUT2D eigenvalue weighted by atomic mass is 16.1. The molecule has 9 nitrogen and oxygen atoms in total. The van der Waals surface area contributed by atoms with E-state index in [9.17, 15) is 4.79 Å². The number of hydrogen-bond acceptors (Lipinski definition) is 5. The van der Waals surface area contributed by atoms with Crippen LogP contribution in [0.15, 0.2) is 58.9 Å². The lowest BCUT2D eigenvalue weighted by Crippen LogP contribution is -2.27. The summed E-state index contributed by atoms with van der Waals surface area (Å²) in [6.45, 7) is 0.321. The van der Waals surface area contributed by atoms with E-state index in [0.717, 1.165) is 0 Å². The monoisotopic (exact) mass is 352 g/mol. The van der Waals surface area contributed by atoms with E-state index in [1.807, 2.05) is 0 Å². The first kappa shape index (κ1) is 18.6. The van der Waals surface area contributed by atoms with Gasteiger partial charge in [0.15, 0.2) is 0 Å². The van der Waals surface area contributed by atoms with Crippen molar-refractivity contribution in [1.82, 2.24) is 5.32 Å². The average molecular weight is 352 g/mol. The van der Waals surface area contributed by atoms with Crippen molar-refractivity contribution >= 4 is 29.0 Å². The molecule has 2 aromatic carbocycles. The van der Waals surface area contributed by atoms with E-state index in [1.54, 1.807) is 48.5 Å². The van der Waals surface area contributed by atoms with Gasteiger partial charge in [-0.25, -0.2) is 0 Å². The number of carbonyl (C=O) groups excluding carboxylic acids is 1. The SMILES string of the molecule is N=C(N)CCNC(=O)c1ccc(N=NNc2ccc(C(=N)N)cc2)cc1. The van der Waals surface area contributed by atoms with Gasteiger partial charge in [0, 0.05) is 24.1 Å². The summed E-state index contributed by atoms with van der Waals surface area (Å²) in [6.07, 6.45) is 0.317.